The van der Waals surface area contributed by atoms with Crippen LogP contribution in [0.1, 0.15) is 55.6 Å². The number of imidazole rings is 1. The van der Waals surface area contributed by atoms with E-state index < -0.39 is 17.6 Å². The maximum Gasteiger partial charge on any atom is 0.416 e. The summed E-state index contributed by atoms with van der Waals surface area (Å²) < 4.78 is 46.9. The van der Waals surface area contributed by atoms with Crippen LogP contribution < -0.4 is 21.1 Å². The third kappa shape index (κ3) is 10.7. The van der Waals surface area contributed by atoms with Gasteiger partial charge in [-0.3, -0.25) is 4.79 Å². The molecule has 5 aromatic rings. The Bertz CT molecular complexity index is 1760. The van der Waals surface area contributed by atoms with Crippen LogP contribution in [-0.2, 0) is 19.3 Å². The average Bonchev–Trinajstić information content (AvgIpc) is 3.44. The van der Waals surface area contributed by atoms with Gasteiger partial charge in [-0.25, -0.2) is 4.98 Å². The lowest BCUT2D eigenvalue weighted by Gasteiger charge is -2.11. The maximum absolute atomic E-state index is 13.0. The second-order valence-electron chi connectivity index (χ2n) is 10.6. The molecule has 7 nitrogen and oxygen atoms in total. The number of amides is 1. The summed E-state index contributed by atoms with van der Waals surface area (Å²) in [4.78, 5) is 17.7. The molecule has 10 heteroatoms. The first-order valence-corrected chi connectivity index (χ1v) is 16.0. The Morgan fingerprint density at radius 1 is 0.917 bits per heavy atom. The highest BCUT2D eigenvalue weighted by molar-refractivity contribution is 5.98. The van der Waals surface area contributed by atoms with E-state index in [-0.39, 0.29) is 6.54 Å². The summed E-state index contributed by atoms with van der Waals surface area (Å²) in [7, 11) is 0. The number of ether oxygens (including phenoxy) is 1. The lowest BCUT2D eigenvalue weighted by molar-refractivity contribution is -0.137. The predicted octanol–water partition coefficient (Wildman–Crippen LogP) is 8.95. The Kier molecular flexibility index (Phi) is 14.2. The summed E-state index contributed by atoms with van der Waals surface area (Å²) in [5, 5.41) is 5.88. The van der Waals surface area contributed by atoms with Crippen LogP contribution in [0.4, 0.5) is 13.2 Å². The number of allylic oxidation sites excluding steroid dienone is 1. The molecule has 0 saturated heterocycles. The number of hydrogen-bond donors (Lipinski definition) is 3. The quantitative estimate of drug-likeness (QED) is 0.123. The lowest BCUT2D eigenvalue weighted by Crippen LogP contribution is -2.23. The minimum Gasteiger partial charge on any atom is -0.457 e. The highest BCUT2D eigenvalue weighted by Gasteiger charge is 2.30. The van der Waals surface area contributed by atoms with Crippen LogP contribution in [-0.4, -0.2) is 28.5 Å². The molecule has 254 valence electrons. The number of nitrogens with two attached hydrogens (primary N) is 1. The number of fused-ring (bicyclic) bond motifs is 1. The third-order valence-corrected chi connectivity index (χ3v) is 6.83. The number of halogens is 3. The van der Waals surface area contributed by atoms with E-state index in [0.29, 0.717) is 46.2 Å². The fourth-order valence-electron chi connectivity index (χ4n) is 4.67. The van der Waals surface area contributed by atoms with Gasteiger partial charge in [0.1, 0.15) is 17.3 Å². The van der Waals surface area contributed by atoms with Gasteiger partial charge >= 0.3 is 6.18 Å². The van der Waals surface area contributed by atoms with Crippen molar-refractivity contribution in [1.82, 2.24) is 20.2 Å². The molecule has 0 fully saturated rings. The molecule has 0 spiro atoms. The molecule has 1 heterocycles. The monoisotopic (exact) mass is 659 g/mol. The minimum absolute atomic E-state index is 0.0539. The zero-order valence-electron chi connectivity index (χ0n) is 27.9. The van der Waals surface area contributed by atoms with Crippen LogP contribution in [0.3, 0.4) is 0 Å². The Morgan fingerprint density at radius 2 is 1.62 bits per heavy atom. The molecule has 0 aliphatic heterocycles. The summed E-state index contributed by atoms with van der Waals surface area (Å²) >= 11 is 0. The fraction of sp³-hybridized carbons (Fsp3) is 0.263. The second kappa shape index (κ2) is 18.3. The number of nitrogens with zero attached hydrogens (tertiary/aromatic N) is 2. The van der Waals surface area contributed by atoms with Gasteiger partial charge in [0.05, 0.1) is 23.1 Å². The van der Waals surface area contributed by atoms with Crippen molar-refractivity contribution < 1.29 is 22.7 Å². The van der Waals surface area contributed by atoms with Gasteiger partial charge in [0, 0.05) is 23.4 Å². The Hall–Kier alpha value is -5.09. The summed E-state index contributed by atoms with van der Waals surface area (Å²) in [6.07, 6.45) is -3.21. The predicted molar refractivity (Wildman–Crippen MR) is 188 cm³/mol. The molecule has 48 heavy (non-hydrogen) atoms. The topological polar surface area (TPSA) is 94.2 Å². The maximum atomic E-state index is 13.0. The normalized spacial score (nSPS) is 10.7. The zero-order valence-corrected chi connectivity index (χ0v) is 27.9. The second-order valence-corrected chi connectivity index (χ2v) is 10.6. The molecule has 0 bridgehead atoms. The van der Waals surface area contributed by atoms with Crippen LogP contribution in [0.25, 0.3) is 22.4 Å². The van der Waals surface area contributed by atoms with E-state index >= 15 is 0 Å². The molecule has 4 N–H and O–H groups in total. The van der Waals surface area contributed by atoms with Crippen molar-refractivity contribution in [2.75, 3.05) is 13.1 Å². The number of aromatic nitrogens is 2. The first-order valence-electron chi connectivity index (χ1n) is 16.0. The van der Waals surface area contributed by atoms with E-state index in [1.54, 1.807) is 18.2 Å². The number of nitrogens with one attached hydrogen (secondary N) is 2. The van der Waals surface area contributed by atoms with Gasteiger partial charge in [0.2, 0.25) is 0 Å². The number of alkyl halides is 3. The van der Waals surface area contributed by atoms with Crippen LogP contribution in [0.5, 0.6) is 11.5 Å². The van der Waals surface area contributed by atoms with Gasteiger partial charge in [-0.15, -0.1) is 0 Å². The smallest absolute Gasteiger partial charge is 0.416 e. The molecule has 1 amide bonds. The van der Waals surface area contributed by atoms with Crippen molar-refractivity contribution in [1.29, 1.82) is 0 Å². The zero-order chi connectivity index (χ0) is 35.1. The molecule has 0 aliphatic carbocycles. The third-order valence-electron chi connectivity index (χ3n) is 6.83. The standard InChI is InChI=1S/C31H25F3N4O2.C5H13N.C2H6/c1-20(35)19-38-28-14-13-23(30(39)36-18-21-7-5-9-24(15-21)31(32,33)34)17-27(28)37-29(38)22-8-6-12-26(16-22)40-25-10-3-2-4-11-25;1-3-5-6-4-2;1-2/h2-17H,1,18-19,35H2,(H,36,39);6H,3-5H2,1-2H3;1-2H3. The van der Waals surface area contributed by atoms with Crippen molar-refractivity contribution in [2.24, 2.45) is 5.73 Å². The minimum atomic E-state index is -4.45. The molecule has 4 aromatic carbocycles. The van der Waals surface area contributed by atoms with Crippen LogP contribution in [0.15, 0.2) is 109 Å². The highest BCUT2D eigenvalue weighted by Crippen LogP contribution is 2.31. The summed E-state index contributed by atoms with van der Waals surface area (Å²) in [6.45, 7) is 14.6. The van der Waals surface area contributed by atoms with Crippen LogP contribution in [0.2, 0.25) is 0 Å². The number of carbonyl (C=O) groups excluding carboxylic acids is 1. The van der Waals surface area contributed by atoms with Crippen LogP contribution in [0, 0.1) is 0 Å². The molecule has 5 rings (SSSR count). The van der Waals surface area contributed by atoms with Crippen LogP contribution >= 0.6 is 0 Å². The number of benzene rings is 4. The molecular weight excluding hydrogens is 615 g/mol. The van der Waals surface area contributed by atoms with Gasteiger partial charge in [-0.05, 0) is 79.7 Å². The number of hydrogen-bond acceptors (Lipinski definition) is 5. The summed E-state index contributed by atoms with van der Waals surface area (Å²) in [5.41, 5.74) is 8.37. The van der Waals surface area contributed by atoms with Gasteiger partial charge in [-0.2, -0.15) is 13.2 Å². The van der Waals surface area contributed by atoms with E-state index in [9.17, 15) is 18.0 Å². The van der Waals surface area contributed by atoms with E-state index in [4.69, 9.17) is 15.5 Å². The van der Waals surface area contributed by atoms with Crippen molar-refractivity contribution in [3.05, 3.63) is 126 Å². The van der Waals surface area contributed by atoms with E-state index in [2.05, 4.69) is 31.1 Å². The Labute approximate surface area is 280 Å². The van der Waals surface area contributed by atoms with Gasteiger partial charge in [0.25, 0.3) is 5.91 Å². The van der Waals surface area contributed by atoms with E-state index in [1.165, 1.54) is 18.6 Å². The number of rotatable bonds is 11. The van der Waals surface area contributed by atoms with Crippen molar-refractivity contribution in [3.8, 4) is 22.9 Å². The first kappa shape index (κ1) is 37.4. The SMILES string of the molecule is C=C(N)Cn1c(-c2cccc(Oc3ccccc3)c2)nc2cc(C(=O)NCc3cccc(C(F)(F)F)c3)ccc21.CC.CCCNCC. The molecule has 0 aliphatic rings. The largest absolute Gasteiger partial charge is 0.457 e. The first-order chi connectivity index (χ1) is 23.1. The van der Waals surface area contributed by atoms with E-state index in [1.807, 2.05) is 73.0 Å². The molecule has 0 radical (unpaired) electrons. The van der Waals surface area contributed by atoms with Gasteiger partial charge in [-0.1, -0.05) is 76.7 Å². The van der Waals surface area contributed by atoms with Crippen molar-refractivity contribution in [3.63, 3.8) is 0 Å². The summed E-state index contributed by atoms with van der Waals surface area (Å²) in [5.74, 6) is 1.51. The molecular formula is C38H44F3N5O2. The van der Waals surface area contributed by atoms with Gasteiger partial charge < -0.3 is 25.7 Å². The van der Waals surface area contributed by atoms with Crippen molar-refractivity contribution in [2.45, 2.75) is 53.4 Å². The number of carbonyl (C=O) groups is 1. The summed E-state index contributed by atoms with van der Waals surface area (Å²) in [6, 6.07) is 26.8. The fourth-order valence-corrected chi connectivity index (χ4v) is 4.67. The molecule has 0 saturated carbocycles. The lowest BCUT2D eigenvalue weighted by atomic mass is 10.1. The molecule has 1 aromatic heterocycles. The van der Waals surface area contributed by atoms with Gasteiger partial charge in [0.15, 0.2) is 0 Å². The highest BCUT2D eigenvalue weighted by atomic mass is 19.4. The molecule has 0 unspecified atom stereocenters. The Balaban J connectivity index is 0.000000705. The Morgan fingerprint density at radius 3 is 2.27 bits per heavy atom. The number of para-hydroxylation sites is 1. The average molecular weight is 660 g/mol. The van der Waals surface area contributed by atoms with Crippen molar-refractivity contribution >= 4 is 16.9 Å². The van der Waals surface area contributed by atoms with E-state index in [0.717, 1.165) is 36.3 Å². The molecule has 0 atom stereocenters.